The zero-order chi connectivity index (χ0) is 13.7. The van der Waals surface area contributed by atoms with Crippen LogP contribution in [0.3, 0.4) is 0 Å². The van der Waals surface area contributed by atoms with Crippen LogP contribution in [-0.2, 0) is 6.42 Å². The fraction of sp³-hybridized carbons (Fsp3) is 0.353. The first-order chi connectivity index (χ1) is 9.76. The highest BCUT2D eigenvalue weighted by Gasteiger charge is 2.31. The van der Waals surface area contributed by atoms with E-state index in [-0.39, 0.29) is 0 Å². The first-order valence-corrected chi connectivity index (χ1v) is 7.19. The minimum atomic E-state index is 0.539. The van der Waals surface area contributed by atoms with Crippen LogP contribution in [0.4, 0.5) is 5.69 Å². The second kappa shape index (κ2) is 4.23. The van der Waals surface area contributed by atoms with Gasteiger partial charge in [0.05, 0.1) is 12.6 Å². The fourth-order valence-corrected chi connectivity index (χ4v) is 3.68. The minimum Gasteiger partial charge on any atom is -0.497 e. The second-order valence-corrected chi connectivity index (χ2v) is 5.83. The SMILES string of the molecule is COc1ccc2nc3c(c(N)c2c1)C1CC=CC(C3)C1. The monoisotopic (exact) mass is 266 g/mol. The summed E-state index contributed by atoms with van der Waals surface area (Å²) in [6, 6.07) is 5.96. The van der Waals surface area contributed by atoms with Crippen LogP contribution in [0.15, 0.2) is 30.4 Å². The van der Waals surface area contributed by atoms with Gasteiger partial charge in [0.2, 0.25) is 0 Å². The molecule has 0 spiro atoms. The molecule has 0 amide bonds. The molecule has 1 aromatic carbocycles. The predicted octanol–water partition coefficient (Wildman–Crippen LogP) is 3.43. The quantitative estimate of drug-likeness (QED) is 0.804. The number of benzene rings is 1. The van der Waals surface area contributed by atoms with E-state index in [1.54, 1.807) is 7.11 Å². The fourth-order valence-electron chi connectivity index (χ4n) is 3.68. The summed E-state index contributed by atoms with van der Waals surface area (Å²) in [5.41, 5.74) is 10.8. The predicted molar refractivity (Wildman–Crippen MR) is 81.0 cm³/mol. The van der Waals surface area contributed by atoms with Crippen molar-refractivity contribution >= 4 is 16.6 Å². The van der Waals surface area contributed by atoms with Gasteiger partial charge in [-0.2, -0.15) is 0 Å². The number of ether oxygens (including phenoxy) is 1. The molecule has 2 N–H and O–H groups in total. The molecule has 0 aliphatic heterocycles. The molecule has 2 atom stereocenters. The summed E-state index contributed by atoms with van der Waals surface area (Å²) < 4.78 is 5.31. The smallest absolute Gasteiger partial charge is 0.119 e. The van der Waals surface area contributed by atoms with Gasteiger partial charge in [-0.05, 0) is 49.3 Å². The van der Waals surface area contributed by atoms with E-state index < -0.39 is 0 Å². The van der Waals surface area contributed by atoms with Crippen molar-refractivity contribution in [1.29, 1.82) is 0 Å². The number of nitrogens with zero attached hydrogens (tertiary/aromatic N) is 1. The number of methoxy groups -OCH3 is 1. The van der Waals surface area contributed by atoms with Crippen molar-refractivity contribution < 1.29 is 4.74 Å². The molecule has 4 rings (SSSR count). The Labute approximate surface area is 118 Å². The van der Waals surface area contributed by atoms with Gasteiger partial charge in [0.1, 0.15) is 5.75 Å². The lowest BCUT2D eigenvalue weighted by atomic mass is 9.73. The molecular formula is C17H18N2O. The number of nitrogen functional groups attached to an aromatic ring is 1. The van der Waals surface area contributed by atoms with E-state index in [1.165, 1.54) is 17.7 Å². The van der Waals surface area contributed by atoms with Gasteiger partial charge in [-0.3, -0.25) is 4.98 Å². The number of hydrogen-bond donors (Lipinski definition) is 1. The van der Waals surface area contributed by atoms with Gasteiger partial charge >= 0.3 is 0 Å². The molecule has 3 heteroatoms. The van der Waals surface area contributed by atoms with Crippen molar-refractivity contribution in [3.8, 4) is 5.75 Å². The topological polar surface area (TPSA) is 48.1 Å². The summed E-state index contributed by atoms with van der Waals surface area (Å²) in [6.07, 6.45) is 7.97. The molecule has 3 nitrogen and oxygen atoms in total. The van der Waals surface area contributed by atoms with E-state index in [2.05, 4.69) is 12.2 Å². The molecule has 2 aromatic rings. The van der Waals surface area contributed by atoms with Gasteiger partial charge in [-0.1, -0.05) is 12.2 Å². The Morgan fingerprint density at radius 2 is 2.25 bits per heavy atom. The molecule has 0 saturated heterocycles. The maximum atomic E-state index is 6.48. The molecule has 1 heterocycles. The van der Waals surface area contributed by atoms with Crippen LogP contribution >= 0.6 is 0 Å². The third-order valence-corrected chi connectivity index (χ3v) is 4.63. The summed E-state index contributed by atoms with van der Waals surface area (Å²) >= 11 is 0. The maximum absolute atomic E-state index is 6.48. The highest BCUT2D eigenvalue weighted by molar-refractivity contribution is 5.93. The number of allylic oxidation sites excluding steroid dienone is 2. The van der Waals surface area contributed by atoms with Crippen LogP contribution in [0.5, 0.6) is 5.75 Å². The third kappa shape index (κ3) is 1.62. The lowest BCUT2D eigenvalue weighted by Crippen LogP contribution is -2.22. The molecule has 1 aromatic heterocycles. The Hall–Kier alpha value is -2.03. The molecule has 102 valence electrons. The van der Waals surface area contributed by atoms with Crippen molar-refractivity contribution in [3.05, 3.63) is 41.6 Å². The van der Waals surface area contributed by atoms with E-state index in [0.717, 1.165) is 35.2 Å². The standard InChI is InChI=1S/C17H18N2O/c1-20-12-5-6-14-13(9-12)17(18)16-11-4-2-3-10(7-11)8-15(16)19-14/h2-3,5-6,9-11H,4,7-8H2,1H3,(H2,18,19). The van der Waals surface area contributed by atoms with Gasteiger partial charge in [-0.15, -0.1) is 0 Å². The van der Waals surface area contributed by atoms with Crippen molar-refractivity contribution in [3.63, 3.8) is 0 Å². The van der Waals surface area contributed by atoms with Crippen LogP contribution in [0.25, 0.3) is 10.9 Å². The number of anilines is 1. The molecule has 2 unspecified atom stereocenters. The first-order valence-electron chi connectivity index (χ1n) is 7.19. The second-order valence-electron chi connectivity index (χ2n) is 5.83. The number of pyridine rings is 1. The zero-order valence-electron chi connectivity index (χ0n) is 11.6. The van der Waals surface area contributed by atoms with Crippen LogP contribution in [0, 0.1) is 5.92 Å². The number of hydrogen-bond acceptors (Lipinski definition) is 3. The van der Waals surface area contributed by atoms with Gasteiger partial charge in [0.15, 0.2) is 0 Å². The molecule has 2 bridgehead atoms. The number of fused-ring (bicyclic) bond motifs is 5. The van der Waals surface area contributed by atoms with Crippen LogP contribution in [0.1, 0.15) is 30.0 Å². The van der Waals surface area contributed by atoms with E-state index in [0.29, 0.717) is 11.8 Å². The van der Waals surface area contributed by atoms with E-state index in [4.69, 9.17) is 15.5 Å². The summed E-state index contributed by atoms with van der Waals surface area (Å²) in [4.78, 5) is 4.87. The highest BCUT2D eigenvalue weighted by Crippen LogP contribution is 2.44. The summed E-state index contributed by atoms with van der Waals surface area (Å²) in [5, 5.41) is 1.02. The van der Waals surface area contributed by atoms with Crippen LogP contribution in [-0.4, -0.2) is 12.1 Å². The Kier molecular flexibility index (Phi) is 2.49. The van der Waals surface area contributed by atoms with Gasteiger partial charge in [0.25, 0.3) is 0 Å². The molecule has 2 aliphatic rings. The van der Waals surface area contributed by atoms with Crippen molar-refractivity contribution in [2.75, 3.05) is 12.8 Å². The summed E-state index contributed by atoms with van der Waals surface area (Å²) in [5.74, 6) is 2.02. The van der Waals surface area contributed by atoms with E-state index >= 15 is 0 Å². The Morgan fingerprint density at radius 1 is 1.35 bits per heavy atom. The third-order valence-electron chi connectivity index (χ3n) is 4.63. The molecule has 20 heavy (non-hydrogen) atoms. The first kappa shape index (κ1) is 11.8. The van der Waals surface area contributed by atoms with Crippen LogP contribution in [0.2, 0.25) is 0 Å². The largest absolute Gasteiger partial charge is 0.497 e. The Balaban J connectivity index is 1.97. The van der Waals surface area contributed by atoms with Crippen molar-refractivity contribution in [1.82, 2.24) is 4.98 Å². The van der Waals surface area contributed by atoms with Gasteiger partial charge in [-0.25, -0.2) is 0 Å². The average molecular weight is 266 g/mol. The number of nitrogens with two attached hydrogens (primary N) is 1. The molecule has 0 saturated carbocycles. The lowest BCUT2D eigenvalue weighted by Gasteiger charge is -2.33. The molecule has 2 aliphatic carbocycles. The highest BCUT2D eigenvalue weighted by atomic mass is 16.5. The summed E-state index contributed by atoms with van der Waals surface area (Å²) in [6.45, 7) is 0. The van der Waals surface area contributed by atoms with Crippen molar-refractivity contribution in [2.45, 2.75) is 25.2 Å². The Bertz CT molecular complexity index is 720. The molecule has 0 radical (unpaired) electrons. The van der Waals surface area contributed by atoms with Crippen molar-refractivity contribution in [2.24, 2.45) is 5.92 Å². The summed E-state index contributed by atoms with van der Waals surface area (Å²) in [7, 11) is 1.68. The Morgan fingerprint density at radius 3 is 3.10 bits per heavy atom. The van der Waals surface area contributed by atoms with Gasteiger partial charge in [0, 0.05) is 22.3 Å². The molecule has 0 fully saturated rings. The van der Waals surface area contributed by atoms with E-state index in [9.17, 15) is 0 Å². The van der Waals surface area contributed by atoms with Crippen LogP contribution < -0.4 is 10.5 Å². The number of rotatable bonds is 1. The maximum Gasteiger partial charge on any atom is 0.119 e. The molecular weight excluding hydrogens is 248 g/mol. The normalized spacial score (nSPS) is 23.6. The average Bonchev–Trinajstić information content (AvgIpc) is 2.47. The van der Waals surface area contributed by atoms with Gasteiger partial charge < -0.3 is 10.5 Å². The van der Waals surface area contributed by atoms with E-state index in [1.807, 2.05) is 18.2 Å². The minimum absolute atomic E-state index is 0.539. The lowest BCUT2D eigenvalue weighted by molar-refractivity contribution is 0.415. The zero-order valence-corrected chi connectivity index (χ0v) is 11.6. The number of aromatic nitrogens is 1.